The molecule has 1 fully saturated rings. The van der Waals surface area contributed by atoms with Gasteiger partial charge in [0.25, 0.3) is 0 Å². The quantitative estimate of drug-likeness (QED) is 0.823. The summed E-state index contributed by atoms with van der Waals surface area (Å²) in [6, 6.07) is 6.34. The molecule has 0 bridgehead atoms. The molecule has 1 aromatic carbocycles. The van der Waals surface area contributed by atoms with Gasteiger partial charge in [0, 0.05) is 38.2 Å². The molecule has 1 atom stereocenters. The summed E-state index contributed by atoms with van der Waals surface area (Å²) in [5.74, 6) is 0.167. The first-order valence-electron chi connectivity index (χ1n) is 9.09. The van der Waals surface area contributed by atoms with Crippen molar-refractivity contribution < 1.29 is 9.59 Å². The van der Waals surface area contributed by atoms with E-state index in [1.165, 1.54) is 6.42 Å². The maximum Gasteiger partial charge on any atom is 0.224 e. The second-order valence-electron chi connectivity index (χ2n) is 6.78. The first kappa shape index (κ1) is 18.5. The topological polar surface area (TPSA) is 40.6 Å². The molecule has 0 aromatic heterocycles. The summed E-state index contributed by atoms with van der Waals surface area (Å²) in [7, 11) is 0. The molecule has 24 heavy (non-hydrogen) atoms. The van der Waals surface area contributed by atoms with Crippen LogP contribution in [0.15, 0.2) is 18.2 Å². The number of aryl methyl sites for hydroxylation is 1. The lowest BCUT2D eigenvalue weighted by atomic mass is 9.99. The van der Waals surface area contributed by atoms with Crippen LogP contribution in [0.4, 0.5) is 5.69 Å². The largest absolute Gasteiger partial charge is 0.340 e. The summed E-state index contributed by atoms with van der Waals surface area (Å²) in [5.41, 5.74) is 3.18. The molecule has 132 valence electrons. The van der Waals surface area contributed by atoms with E-state index >= 15 is 0 Å². The zero-order valence-electron chi connectivity index (χ0n) is 15.5. The summed E-state index contributed by atoms with van der Waals surface area (Å²) in [5, 5.41) is 0. The Hall–Kier alpha value is -1.84. The van der Waals surface area contributed by atoms with Gasteiger partial charge in [-0.3, -0.25) is 9.59 Å². The van der Waals surface area contributed by atoms with Crippen LogP contribution in [0, 0.1) is 13.8 Å². The molecule has 4 heteroatoms. The third-order valence-corrected chi connectivity index (χ3v) is 5.21. The molecule has 0 N–H and O–H groups in total. The van der Waals surface area contributed by atoms with E-state index in [1.807, 2.05) is 36.9 Å². The fourth-order valence-electron chi connectivity index (χ4n) is 3.58. The molecule has 1 aliphatic rings. The highest BCUT2D eigenvalue weighted by molar-refractivity contribution is 5.93. The molecule has 1 saturated heterocycles. The third-order valence-electron chi connectivity index (χ3n) is 5.21. The smallest absolute Gasteiger partial charge is 0.224 e. The van der Waals surface area contributed by atoms with Crippen LogP contribution in [0.25, 0.3) is 0 Å². The van der Waals surface area contributed by atoms with E-state index < -0.39 is 0 Å². The molecular weight excluding hydrogens is 300 g/mol. The van der Waals surface area contributed by atoms with Crippen LogP contribution in [0.1, 0.15) is 57.1 Å². The Kier molecular flexibility index (Phi) is 6.41. The average molecular weight is 330 g/mol. The van der Waals surface area contributed by atoms with Crippen LogP contribution < -0.4 is 4.90 Å². The Morgan fingerprint density at radius 2 is 2.00 bits per heavy atom. The van der Waals surface area contributed by atoms with Gasteiger partial charge >= 0.3 is 0 Å². The lowest BCUT2D eigenvalue weighted by Crippen LogP contribution is -2.44. The van der Waals surface area contributed by atoms with Crippen LogP contribution in [0.5, 0.6) is 0 Å². The molecule has 4 nitrogen and oxygen atoms in total. The summed E-state index contributed by atoms with van der Waals surface area (Å²) in [6.07, 6.45) is 4.82. The van der Waals surface area contributed by atoms with E-state index in [0.717, 1.165) is 42.6 Å². The predicted octanol–water partition coefficient (Wildman–Crippen LogP) is 3.84. The third kappa shape index (κ3) is 4.16. The fraction of sp³-hybridized carbons (Fsp3) is 0.600. The van der Waals surface area contributed by atoms with Crippen LogP contribution >= 0.6 is 0 Å². The monoisotopic (exact) mass is 330 g/mol. The minimum atomic E-state index is -0.0119. The number of benzene rings is 1. The number of piperidine rings is 1. The van der Waals surface area contributed by atoms with Crippen LogP contribution in [-0.2, 0) is 9.59 Å². The van der Waals surface area contributed by atoms with E-state index in [0.29, 0.717) is 19.0 Å². The summed E-state index contributed by atoms with van der Waals surface area (Å²) in [4.78, 5) is 28.6. The van der Waals surface area contributed by atoms with Crippen LogP contribution in [-0.4, -0.2) is 35.8 Å². The Morgan fingerprint density at radius 3 is 2.67 bits per heavy atom. The van der Waals surface area contributed by atoms with Crippen molar-refractivity contribution in [2.45, 2.75) is 65.8 Å². The summed E-state index contributed by atoms with van der Waals surface area (Å²) >= 11 is 0. The van der Waals surface area contributed by atoms with Gasteiger partial charge in [0.05, 0.1) is 0 Å². The van der Waals surface area contributed by atoms with Gasteiger partial charge in [-0.25, -0.2) is 0 Å². The van der Waals surface area contributed by atoms with Crippen molar-refractivity contribution >= 4 is 17.5 Å². The van der Waals surface area contributed by atoms with Gasteiger partial charge in [-0.2, -0.15) is 0 Å². The number of nitrogens with zero attached hydrogens (tertiary/aromatic N) is 2. The van der Waals surface area contributed by atoms with Crippen LogP contribution in [0.2, 0.25) is 0 Å². The standard InChI is InChI=1S/C20H30N2O2/c1-5-18-10-6-7-13-22(18)20(24)12-14-21(17(4)23)19-11-8-9-15(2)16(19)3/h8-9,11,18H,5-7,10,12-14H2,1-4H3. The van der Waals surface area contributed by atoms with Crippen molar-refractivity contribution in [3.8, 4) is 0 Å². The molecule has 0 aliphatic carbocycles. The number of hydrogen-bond acceptors (Lipinski definition) is 2. The number of likely N-dealkylation sites (tertiary alicyclic amines) is 1. The van der Waals surface area contributed by atoms with Gasteiger partial charge < -0.3 is 9.80 Å². The molecular formula is C20H30N2O2. The molecule has 1 unspecified atom stereocenters. The SMILES string of the molecule is CCC1CCCCN1C(=O)CCN(C(C)=O)c1cccc(C)c1C. The minimum absolute atomic E-state index is 0.0119. The van der Waals surface area contributed by atoms with Gasteiger partial charge in [-0.1, -0.05) is 19.1 Å². The van der Waals surface area contributed by atoms with Crippen molar-refractivity contribution in [1.82, 2.24) is 4.90 Å². The highest BCUT2D eigenvalue weighted by Crippen LogP contribution is 2.24. The molecule has 1 aliphatic heterocycles. The van der Waals surface area contributed by atoms with Gasteiger partial charge in [0.2, 0.25) is 11.8 Å². The molecule has 1 heterocycles. The summed E-state index contributed by atoms with van der Waals surface area (Å²) in [6.45, 7) is 9.10. The Labute approximate surface area is 145 Å². The Balaban J connectivity index is 2.07. The number of carbonyl (C=O) groups excluding carboxylic acids is 2. The van der Waals surface area contributed by atoms with E-state index in [1.54, 1.807) is 11.8 Å². The molecule has 2 rings (SSSR count). The number of amides is 2. The Bertz CT molecular complexity index is 597. The van der Waals surface area contributed by atoms with Crippen molar-refractivity contribution in [3.05, 3.63) is 29.3 Å². The van der Waals surface area contributed by atoms with Crippen molar-refractivity contribution in [1.29, 1.82) is 0 Å². The van der Waals surface area contributed by atoms with Gasteiger partial charge in [-0.05, 0) is 56.7 Å². The Morgan fingerprint density at radius 1 is 1.25 bits per heavy atom. The fourth-order valence-corrected chi connectivity index (χ4v) is 3.58. The van der Waals surface area contributed by atoms with E-state index in [2.05, 4.69) is 6.92 Å². The van der Waals surface area contributed by atoms with E-state index in [4.69, 9.17) is 0 Å². The first-order chi connectivity index (χ1) is 11.5. The van der Waals surface area contributed by atoms with E-state index in [-0.39, 0.29) is 11.8 Å². The molecule has 1 aromatic rings. The number of anilines is 1. The number of carbonyl (C=O) groups is 2. The van der Waals surface area contributed by atoms with Gasteiger partial charge in [0.15, 0.2) is 0 Å². The number of hydrogen-bond donors (Lipinski definition) is 0. The van der Waals surface area contributed by atoms with E-state index in [9.17, 15) is 9.59 Å². The first-order valence-corrected chi connectivity index (χ1v) is 9.09. The molecule has 2 amide bonds. The maximum atomic E-state index is 12.7. The lowest BCUT2D eigenvalue weighted by Gasteiger charge is -2.36. The zero-order chi connectivity index (χ0) is 17.7. The molecule has 0 saturated carbocycles. The second kappa shape index (κ2) is 8.32. The zero-order valence-corrected chi connectivity index (χ0v) is 15.5. The minimum Gasteiger partial charge on any atom is -0.340 e. The molecule has 0 radical (unpaired) electrons. The highest BCUT2D eigenvalue weighted by atomic mass is 16.2. The van der Waals surface area contributed by atoms with Crippen LogP contribution in [0.3, 0.4) is 0 Å². The van der Waals surface area contributed by atoms with Crippen molar-refractivity contribution in [2.24, 2.45) is 0 Å². The lowest BCUT2D eigenvalue weighted by molar-refractivity contribution is -0.134. The average Bonchev–Trinajstić information content (AvgIpc) is 2.58. The normalized spacial score (nSPS) is 17.7. The van der Waals surface area contributed by atoms with Crippen molar-refractivity contribution in [3.63, 3.8) is 0 Å². The highest BCUT2D eigenvalue weighted by Gasteiger charge is 2.26. The van der Waals surface area contributed by atoms with Gasteiger partial charge in [-0.15, -0.1) is 0 Å². The van der Waals surface area contributed by atoms with Crippen molar-refractivity contribution in [2.75, 3.05) is 18.0 Å². The molecule has 0 spiro atoms. The summed E-state index contributed by atoms with van der Waals surface area (Å²) < 4.78 is 0. The second-order valence-corrected chi connectivity index (χ2v) is 6.78. The van der Waals surface area contributed by atoms with Gasteiger partial charge in [0.1, 0.15) is 0 Å². The maximum absolute atomic E-state index is 12.7. The predicted molar refractivity (Wildman–Crippen MR) is 98.2 cm³/mol. The number of rotatable bonds is 5.